The number of carbonyl (C=O) groups excluding carboxylic acids is 1. The zero-order chi connectivity index (χ0) is 18.7. The van der Waals surface area contributed by atoms with Crippen molar-refractivity contribution in [1.82, 2.24) is 4.90 Å². The summed E-state index contributed by atoms with van der Waals surface area (Å²) in [6, 6.07) is 9.31. The molecule has 3 rings (SSSR count). The number of fused-ring (bicyclic) bond motifs is 1. The van der Waals surface area contributed by atoms with Gasteiger partial charge in [0.1, 0.15) is 13.2 Å². The molecule has 8 nitrogen and oxygen atoms in total. The van der Waals surface area contributed by atoms with Crippen molar-refractivity contribution < 1.29 is 27.9 Å². The zero-order valence-corrected chi connectivity index (χ0v) is 15.4. The second kappa shape index (κ2) is 7.77. The Hall–Kier alpha value is -1.91. The van der Waals surface area contributed by atoms with E-state index in [0.717, 1.165) is 5.56 Å². The molecule has 2 saturated heterocycles. The van der Waals surface area contributed by atoms with E-state index in [-0.39, 0.29) is 22.8 Å². The second-order valence-electron chi connectivity index (χ2n) is 6.09. The van der Waals surface area contributed by atoms with Crippen LogP contribution >= 0.6 is 11.8 Å². The van der Waals surface area contributed by atoms with Gasteiger partial charge in [0.15, 0.2) is 15.0 Å². The van der Waals surface area contributed by atoms with Crippen LogP contribution in [0, 0.1) is 0 Å². The number of amides is 1. The quantitative estimate of drug-likeness (QED) is 0.732. The summed E-state index contributed by atoms with van der Waals surface area (Å²) in [5.41, 5.74) is 0.986. The Balaban J connectivity index is 1.76. The SMILES string of the molecule is O=C(O)COCC(=O)N=C1SC2CS(=O)(=O)CC2N1Cc1ccccc1. The summed E-state index contributed by atoms with van der Waals surface area (Å²) in [5, 5.41) is 8.84. The Labute approximate surface area is 155 Å². The lowest BCUT2D eigenvalue weighted by Crippen LogP contribution is -2.37. The third-order valence-electron chi connectivity index (χ3n) is 4.04. The van der Waals surface area contributed by atoms with Gasteiger partial charge in [0.2, 0.25) is 0 Å². The van der Waals surface area contributed by atoms with Gasteiger partial charge in [0, 0.05) is 11.8 Å². The van der Waals surface area contributed by atoms with Crippen LogP contribution in [0.1, 0.15) is 5.56 Å². The van der Waals surface area contributed by atoms with E-state index in [1.807, 2.05) is 35.2 Å². The van der Waals surface area contributed by atoms with Gasteiger partial charge >= 0.3 is 5.97 Å². The maximum absolute atomic E-state index is 12.0. The van der Waals surface area contributed by atoms with Crippen LogP contribution in [0.4, 0.5) is 0 Å². The van der Waals surface area contributed by atoms with Crippen molar-refractivity contribution >= 4 is 38.6 Å². The highest BCUT2D eigenvalue weighted by atomic mass is 32.2. The number of amidine groups is 1. The number of hydrogen-bond donors (Lipinski definition) is 1. The Kier molecular flexibility index (Phi) is 5.64. The molecular formula is C16H18N2O6S2. The average Bonchev–Trinajstić information content (AvgIpc) is 3.01. The summed E-state index contributed by atoms with van der Waals surface area (Å²) in [5.74, 6) is -1.64. The minimum absolute atomic E-state index is 0.0419. The molecule has 1 N–H and O–H groups in total. The molecule has 0 radical (unpaired) electrons. The van der Waals surface area contributed by atoms with E-state index in [1.165, 1.54) is 11.8 Å². The standard InChI is InChI=1S/C16H18N2O6S2/c19-14(7-24-8-15(20)21)17-16-18(6-11-4-2-1-3-5-11)12-9-26(22,23)10-13(12)25-16/h1-5,12-13H,6-10H2,(H,20,21). The first-order valence-electron chi connectivity index (χ1n) is 7.93. The third-order valence-corrected chi connectivity index (χ3v) is 7.29. The third kappa shape index (κ3) is 4.63. The molecule has 0 saturated carbocycles. The van der Waals surface area contributed by atoms with Crippen molar-refractivity contribution in [3.05, 3.63) is 35.9 Å². The van der Waals surface area contributed by atoms with Crippen molar-refractivity contribution in [3.8, 4) is 0 Å². The number of hydrogen-bond acceptors (Lipinski definition) is 6. The number of aliphatic imine (C=N–C) groups is 1. The van der Waals surface area contributed by atoms with Crippen molar-refractivity contribution in [1.29, 1.82) is 0 Å². The van der Waals surface area contributed by atoms with Gasteiger partial charge in [-0.15, -0.1) is 0 Å². The van der Waals surface area contributed by atoms with Crippen LogP contribution in [0.15, 0.2) is 35.3 Å². The first kappa shape index (κ1) is 18.9. The molecule has 10 heteroatoms. The maximum atomic E-state index is 12.0. The summed E-state index contributed by atoms with van der Waals surface area (Å²) in [7, 11) is -3.10. The van der Waals surface area contributed by atoms with Gasteiger partial charge in [-0.25, -0.2) is 13.2 Å². The highest BCUT2D eigenvalue weighted by Crippen LogP contribution is 2.38. The molecule has 0 bridgehead atoms. The molecule has 2 unspecified atom stereocenters. The van der Waals surface area contributed by atoms with Gasteiger partial charge in [0.25, 0.3) is 5.91 Å². The number of sulfone groups is 1. The molecule has 1 amide bonds. The van der Waals surface area contributed by atoms with Gasteiger partial charge in [-0.3, -0.25) is 4.79 Å². The fraction of sp³-hybridized carbons (Fsp3) is 0.438. The summed E-state index contributed by atoms with van der Waals surface area (Å²) in [4.78, 5) is 28.3. The summed E-state index contributed by atoms with van der Waals surface area (Å²) in [6.45, 7) is -0.545. The van der Waals surface area contributed by atoms with E-state index in [0.29, 0.717) is 11.7 Å². The number of carboxylic acids is 1. The highest BCUT2D eigenvalue weighted by Gasteiger charge is 2.48. The van der Waals surface area contributed by atoms with Crippen molar-refractivity contribution in [2.75, 3.05) is 24.7 Å². The van der Waals surface area contributed by atoms with Gasteiger partial charge in [-0.1, -0.05) is 42.1 Å². The molecule has 1 aromatic rings. The first-order chi connectivity index (χ1) is 12.3. The molecule has 26 heavy (non-hydrogen) atoms. The van der Waals surface area contributed by atoms with Crippen LogP contribution < -0.4 is 0 Å². The predicted molar refractivity (Wildman–Crippen MR) is 96.7 cm³/mol. The Morgan fingerprint density at radius 2 is 1.96 bits per heavy atom. The molecule has 0 aliphatic carbocycles. The number of thioether (sulfide) groups is 1. The number of aliphatic carboxylic acids is 1. The van der Waals surface area contributed by atoms with Crippen LogP contribution in [0.3, 0.4) is 0 Å². The smallest absolute Gasteiger partial charge is 0.329 e. The Morgan fingerprint density at radius 1 is 1.23 bits per heavy atom. The Morgan fingerprint density at radius 3 is 2.65 bits per heavy atom. The summed E-state index contributed by atoms with van der Waals surface area (Å²) < 4.78 is 28.7. The lowest BCUT2D eigenvalue weighted by atomic mass is 10.1. The molecular weight excluding hydrogens is 380 g/mol. The van der Waals surface area contributed by atoms with Crippen LogP contribution in [-0.4, -0.2) is 71.5 Å². The van der Waals surface area contributed by atoms with E-state index < -0.39 is 34.9 Å². The lowest BCUT2D eigenvalue weighted by molar-refractivity contribution is -0.143. The largest absolute Gasteiger partial charge is 0.480 e. The maximum Gasteiger partial charge on any atom is 0.329 e. The number of benzene rings is 1. The summed E-state index contributed by atoms with van der Waals surface area (Å²) >= 11 is 1.28. The van der Waals surface area contributed by atoms with Crippen LogP contribution in [0.25, 0.3) is 0 Å². The van der Waals surface area contributed by atoms with Crippen molar-refractivity contribution in [2.24, 2.45) is 4.99 Å². The fourth-order valence-corrected chi connectivity index (χ4v) is 6.93. The van der Waals surface area contributed by atoms with E-state index in [9.17, 15) is 18.0 Å². The molecule has 2 aliphatic rings. The van der Waals surface area contributed by atoms with Gasteiger partial charge in [-0.05, 0) is 5.56 Å². The molecule has 2 fully saturated rings. The number of carbonyl (C=O) groups is 2. The molecule has 1 aromatic carbocycles. The van der Waals surface area contributed by atoms with Crippen LogP contribution in [-0.2, 0) is 30.7 Å². The molecule has 2 atom stereocenters. The van der Waals surface area contributed by atoms with E-state index in [4.69, 9.17) is 9.84 Å². The average molecular weight is 398 g/mol. The topological polar surface area (TPSA) is 113 Å². The monoisotopic (exact) mass is 398 g/mol. The van der Waals surface area contributed by atoms with E-state index >= 15 is 0 Å². The Bertz CT molecular complexity index is 824. The minimum atomic E-state index is -3.10. The molecule has 2 aliphatic heterocycles. The summed E-state index contributed by atoms with van der Waals surface area (Å²) in [6.07, 6.45) is 0. The van der Waals surface area contributed by atoms with Gasteiger partial charge in [0.05, 0.1) is 17.5 Å². The van der Waals surface area contributed by atoms with E-state index in [1.54, 1.807) is 0 Å². The molecule has 0 spiro atoms. The number of carboxylic acid groups (broad SMARTS) is 1. The first-order valence-corrected chi connectivity index (χ1v) is 10.6. The molecule has 140 valence electrons. The van der Waals surface area contributed by atoms with Crippen LogP contribution in [0.2, 0.25) is 0 Å². The zero-order valence-electron chi connectivity index (χ0n) is 13.8. The van der Waals surface area contributed by atoms with Crippen molar-refractivity contribution in [3.63, 3.8) is 0 Å². The lowest BCUT2D eigenvalue weighted by Gasteiger charge is -2.24. The number of nitrogens with zero attached hydrogens (tertiary/aromatic N) is 2. The predicted octanol–water partition coefficient (Wildman–Crippen LogP) is 0.385. The van der Waals surface area contributed by atoms with Crippen molar-refractivity contribution in [2.45, 2.75) is 17.8 Å². The second-order valence-corrected chi connectivity index (χ2v) is 9.45. The normalized spacial score (nSPS) is 25.4. The fourth-order valence-electron chi connectivity index (χ4n) is 2.97. The van der Waals surface area contributed by atoms with Gasteiger partial charge in [-0.2, -0.15) is 4.99 Å². The number of rotatable bonds is 6. The van der Waals surface area contributed by atoms with E-state index in [2.05, 4.69) is 4.99 Å². The molecule has 2 heterocycles. The number of ether oxygens (including phenoxy) is 1. The van der Waals surface area contributed by atoms with Crippen LogP contribution in [0.5, 0.6) is 0 Å². The van der Waals surface area contributed by atoms with Gasteiger partial charge < -0.3 is 14.7 Å². The highest BCUT2D eigenvalue weighted by molar-refractivity contribution is 8.15. The molecule has 0 aromatic heterocycles. The minimum Gasteiger partial charge on any atom is -0.480 e.